The fourth-order valence-electron chi connectivity index (χ4n) is 0.936. The van der Waals surface area contributed by atoms with Crippen molar-refractivity contribution < 1.29 is 13.6 Å². The van der Waals surface area contributed by atoms with E-state index in [2.05, 4.69) is 20.9 Å². The summed E-state index contributed by atoms with van der Waals surface area (Å²) in [6.45, 7) is 1.60. The van der Waals surface area contributed by atoms with Crippen LogP contribution in [0.2, 0.25) is 0 Å². The number of carbonyl (C=O) groups excluding carboxylic acids is 1. The van der Waals surface area contributed by atoms with Gasteiger partial charge in [0.1, 0.15) is 10.3 Å². The lowest BCUT2D eigenvalue weighted by Crippen LogP contribution is -2.03. The molecule has 0 aromatic carbocycles. The first-order valence-electron chi connectivity index (χ1n) is 3.58. The summed E-state index contributed by atoms with van der Waals surface area (Å²) < 4.78 is 25.2. The maximum Gasteiger partial charge on any atom is 0.271 e. The number of alkyl halides is 2. The van der Waals surface area contributed by atoms with Crippen molar-refractivity contribution >= 4 is 32.8 Å². The van der Waals surface area contributed by atoms with Gasteiger partial charge in [0.05, 0.1) is 0 Å². The van der Waals surface area contributed by atoms with E-state index in [9.17, 15) is 13.6 Å². The van der Waals surface area contributed by atoms with Crippen molar-refractivity contribution in [3.05, 3.63) is 27.5 Å². The maximum absolute atomic E-state index is 12.4. The molecule has 0 unspecified atom stereocenters. The van der Waals surface area contributed by atoms with Crippen molar-refractivity contribution in [2.24, 2.45) is 0 Å². The number of carbonyl (C=O) groups is 1. The van der Waals surface area contributed by atoms with Crippen LogP contribution in [0, 0.1) is 6.92 Å². The van der Waals surface area contributed by atoms with Gasteiger partial charge in [0.2, 0.25) is 0 Å². The Bertz CT molecular complexity index is 384. The van der Waals surface area contributed by atoms with Gasteiger partial charge in [0.15, 0.2) is 0 Å². The lowest BCUT2D eigenvalue weighted by molar-refractivity contribution is 0.106. The molecule has 0 aliphatic heterocycles. The molecule has 14 heavy (non-hydrogen) atoms. The Hall–Kier alpha value is -0.550. The Morgan fingerprint density at radius 1 is 1.64 bits per heavy atom. The van der Waals surface area contributed by atoms with Gasteiger partial charge in [0.25, 0.3) is 11.7 Å². The van der Waals surface area contributed by atoms with Crippen LogP contribution >= 0.6 is 27.5 Å². The lowest BCUT2D eigenvalue weighted by Gasteiger charge is -2.06. The zero-order valence-electron chi connectivity index (χ0n) is 7.02. The Morgan fingerprint density at radius 2 is 2.21 bits per heavy atom. The number of hydrogen-bond donors (Lipinski definition) is 0. The van der Waals surface area contributed by atoms with Gasteiger partial charge < -0.3 is 0 Å². The monoisotopic (exact) mass is 283 g/mol. The Balaban J connectivity index is 3.39. The highest BCUT2D eigenvalue weighted by molar-refractivity contribution is 9.10. The van der Waals surface area contributed by atoms with Crippen LogP contribution in [-0.4, -0.2) is 10.2 Å². The molecular formula is C8H5BrClF2NO. The minimum Gasteiger partial charge on any atom is -0.274 e. The average molecular weight is 284 g/mol. The molecule has 0 radical (unpaired) electrons. The molecule has 0 aliphatic carbocycles. The number of halogens is 4. The molecule has 0 bridgehead atoms. The number of rotatable bonds is 2. The highest BCUT2D eigenvalue weighted by Gasteiger charge is 2.20. The van der Waals surface area contributed by atoms with Crippen LogP contribution in [0.25, 0.3) is 0 Å². The molecule has 1 heterocycles. The molecule has 0 fully saturated rings. The quantitative estimate of drug-likeness (QED) is 0.615. The maximum atomic E-state index is 12.4. The van der Waals surface area contributed by atoms with Crippen LogP contribution < -0.4 is 0 Å². The Labute approximate surface area is 92.4 Å². The summed E-state index contributed by atoms with van der Waals surface area (Å²) in [6.07, 6.45) is -2.76. The summed E-state index contributed by atoms with van der Waals surface area (Å²) >= 11 is 8.15. The molecule has 1 rings (SSSR count). The van der Waals surface area contributed by atoms with Gasteiger partial charge in [-0.2, -0.15) is 0 Å². The second kappa shape index (κ2) is 4.31. The second-order valence-electron chi connectivity index (χ2n) is 2.61. The van der Waals surface area contributed by atoms with E-state index in [1.165, 1.54) is 6.07 Å². The van der Waals surface area contributed by atoms with Crippen molar-refractivity contribution in [2.75, 3.05) is 0 Å². The van der Waals surface area contributed by atoms with Gasteiger partial charge in [-0.3, -0.25) is 4.79 Å². The normalized spacial score (nSPS) is 10.7. The predicted octanol–water partition coefficient (Wildman–Crippen LogP) is 3.47. The van der Waals surface area contributed by atoms with E-state index in [1.54, 1.807) is 6.92 Å². The predicted molar refractivity (Wildman–Crippen MR) is 51.8 cm³/mol. The zero-order chi connectivity index (χ0) is 10.9. The van der Waals surface area contributed by atoms with Gasteiger partial charge in [0, 0.05) is 5.56 Å². The molecule has 0 N–H and O–H groups in total. The Morgan fingerprint density at radius 3 is 2.64 bits per heavy atom. The molecule has 0 amide bonds. The summed E-state index contributed by atoms with van der Waals surface area (Å²) in [6, 6.07) is 1.19. The molecule has 76 valence electrons. The van der Waals surface area contributed by atoms with E-state index in [1.807, 2.05) is 0 Å². The summed E-state index contributed by atoms with van der Waals surface area (Å²) in [5.41, 5.74) is -0.313. The summed E-state index contributed by atoms with van der Waals surface area (Å²) in [5.74, 6) is 0. The highest BCUT2D eigenvalue weighted by atomic mass is 79.9. The van der Waals surface area contributed by atoms with Gasteiger partial charge in [-0.1, -0.05) is 0 Å². The lowest BCUT2D eigenvalue weighted by atomic mass is 10.1. The van der Waals surface area contributed by atoms with Crippen molar-refractivity contribution in [1.29, 1.82) is 0 Å². The number of nitrogens with zero attached hydrogens (tertiary/aromatic N) is 1. The van der Waals surface area contributed by atoms with Crippen LogP contribution in [-0.2, 0) is 0 Å². The van der Waals surface area contributed by atoms with Gasteiger partial charge in [-0.15, -0.1) is 0 Å². The SMILES string of the molecule is Cc1cc(C(F)F)c(C(=O)Cl)nc1Br. The molecule has 0 atom stereocenters. The first kappa shape index (κ1) is 11.5. The molecule has 1 aromatic rings. The van der Waals surface area contributed by atoms with E-state index in [0.717, 1.165) is 0 Å². The smallest absolute Gasteiger partial charge is 0.271 e. The first-order valence-corrected chi connectivity index (χ1v) is 4.75. The van der Waals surface area contributed by atoms with Crippen molar-refractivity contribution in [3.63, 3.8) is 0 Å². The fourth-order valence-corrected chi connectivity index (χ4v) is 1.38. The average Bonchev–Trinajstić information content (AvgIpc) is 2.08. The zero-order valence-corrected chi connectivity index (χ0v) is 9.36. The molecule has 0 saturated carbocycles. The molecular weight excluding hydrogens is 279 g/mol. The fraction of sp³-hybridized carbons (Fsp3) is 0.250. The van der Waals surface area contributed by atoms with E-state index >= 15 is 0 Å². The van der Waals surface area contributed by atoms with E-state index < -0.39 is 22.9 Å². The van der Waals surface area contributed by atoms with Crippen LogP contribution in [0.1, 0.15) is 28.0 Å². The van der Waals surface area contributed by atoms with E-state index in [0.29, 0.717) is 10.2 Å². The molecule has 0 aliphatic rings. The van der Waals surface area contributed by atoms with Crippen molar-refractivity contribution in [2.45, 2.75) is 13.3 Å². The summed E-state index contributed by atoms with van der Waals surface area (Å²) in [4.78, 5) is 14.4. The van der Waals surface area contributed by atoms with Gasteiger partial charge >= 0.3 is 0 Å². The van der Waals surface area contributed by atoms with E-state index in [4.69, 9.17) is 11.6 Å². The number of hydrogen-bond acceptors (Lipinski definition) is 2. The van der Waals surface area contributed by atoms with Crippen molar-refractivity contribution in [3.8, 4) is 0 Å². The van der Waals surface area contributed by atoms with Gasteiger partial charge in [-0.05, 0) is 46.1 Å². The third-order valence-corrected chi connectivity index (χ3v) is 2.58. The van der Waals surface area contributed by atoms with Crippen LogP contribution in [0.5, 0.6) is 0 Å². The third-order valence-electron chi connectivity index (χ3n) is 1.60. The molecule has 1 aromatic heterocycles. The molecule has 2 nitrogen and oxygen atoms in total. The number of aromatic nitrogens is 1. The second-order valence-corrected chi connectivity index (χ2v) is 3.70. The topological polar surface area (TPSA) is 30.0 Å². The minimum absolute atomic E-state index is 0.339. The standard InChI is InChI=1S/C8H5BrClF2NO/c1-3-2-4(8(11)12)5(7(10)14)13-6(3)9/h2,8H,1H3. The van der Waals surface area contributed by atoms with Gasteiger partial charge in [-0.25, -0.2) is 13.8 Å². The summed E-state index contributed by atoms with van der Waals surface area (Å²) in [7, 11) is 0. The Kier molecular flexibility index (Phi) is 3.55. The molecule has 6 heteroatoms. The number of aryl methyl sites for hydroxylation is 1. The third kappa shape index (κ3) is 2.27. The van der Waals surface area contributed by atoms with Crippen LogP contribution in [0.15, 0.2) is 10.7 Å². The first-order chi connectivity index (χ1) is 6.43. The number of pyridine rings is 1. The minimum atomic E-state index is -2.76. The largest absolute Gasteiger partial charge is 0.274 e. The van der Waals surface area contributed by atoms with E-state index in [-0.39, 0.29) is 0 Å². The highest BCUT2D eigenvalue weighted by Crippen LogP contribution is 2.26. The van der Waals surface area contributed by atoms with Crippen molar-refractivity contribution in [1.82, 2.24) is 4.98 Å². The summed E-state index contributed by atoms with van der Waals surface area (Å²) in [5, 5.41) is -0.985. The molecule has 0 spiro atoms. The molecule has 0 saturated heterocycles. The van der Waals surface area contributed by atoms with Crippen LogP contribution in [0.4, 0.5) is 8.78 Å². The van der Waals surface area contributed by atoms with Crippen LogP contribution in [0.3, 0.4) is 0 Å².